The van der Waals surface area contributed by atoms with Crippen molar-refractivity contribution in [2.75, 3.05) is 13.1 Å². The molecule has 0 bridgehead atoms. The van der Waals surface area contributed by atoms with Crippen LogP contribution in [0.1, 0.15) is 87.1 Å². The smallest absolute Gasteiger partial charge is 0.234 e. The number of Topliss-reactive ketones (excluding diaryl/α,β-unsaturated/α-hetero) is 2. The summed E-state index contributed by atoms with van der Waals surface area (Å²) >= 11 is 0. The Morgan fingerprint density at radius 3 is 1.96 bits per heavy atom. The molecular weight excluding hydrogens is 338 g/mol. The van der Waals surface area contributed by atoms with Gasteiger partial charge < -0.3 is 10.4 Å². The molecule has 2 rings (SSSR count). The van der Waals surface area contributed by atoms with Crippen LogP contribution >= 0.6 is 0 Å². The second kappa shape index (κ2) is 11.7. The van der Waals surface area contributed by atoms with Crippen LogP contribution in [-0.2, 0) is 4.79 Å². The number of hydrogen-bond acceptors (Lipinski definition) is 4. The van der Waals surface area contributed by atoms with Crippen molar-refractivity contribution < 1.29 is 14.7 Å². The third kappa shape index (κ3) is 6.31. The average molecular weight is 372 g/mol. The Balaban J connectivity index is 1.63. The molecule has 148 valence electrons. The van der Waals surface area contributed by atoms with E-state index in [1.54, 1.807) is 24.3 Å². The fourth-order valence-corrected chi connectivity index (χ4v) is 3.53. The van der Waals surface area contributed by atoms with Crippen molar-refractivity contribution in [1.29, 1.82) is 0 Å². The highest BCUT2D eigenvalue weighted by molar-refractivity contribution is 6.52. The topological polar surface area (TPSA) is 66.4 Å². The highest BCUT2D eigenvalue weighted by atomic mass is 16.3. The minimum absolute atomic E-state index is 0.0641. The van der Waals surface area contributed by atoms with E-state index in [2.05, 4.69) is 12.2 Å². The van der Waals surface area contributed by atoms with Gasteiger partial charge >= 0.3 is 0 Å². The zero-order valence-corrected chi connectivity index (χ0v) is 16.6. The van der Waals surface area contributed by atoms with Crippen LogP contribution in [0.4, 0.5) is 0 Å². The van der Waals surface area contributed by atoms with Gasteiger partial charge in [-0.25, -0.2) is 0 Å². The van der Waals surface area contributed by atoms with Crippen molar-refractivity contribution in [3.8, 4) is 0 Å². The van der Waals surface area contributed by atoms with Crippen LogP contribution in [0, 0.1) is 0 Å². The quantitative estimate of drug-likeness (QED) is 0.368. The molecule has 0 atom stereocenters. The predicted molar refractivity (Wildman–Crippen MR) is 110 cm³/mol. The summed E-state index contributed by atoms with van der Waals surface area (Å²) in [6.07, 6.45) is 12.8. The van der Waals surface area contributed by atoms with E-state index in [0.29, 0.717) is 11.1 Å². The molecule has 0 amide bonds. The van der Waals surface area contributed by atoms with Crippen LogP contribution in [-0.4, -0.2) is 29.8 Å². The van der Waals surface area contributed by atoms with Gasteiger partial charge in [0, 0.05) is 17.7 Å². The molecule has 0 fully saturated rings. The Kier molecular flexibility index (Phi) is 9.26. The maximum atomic E-state index is 12.2. The molecule has 1 aliphatic rings. The van der Waals surface area contributed by atoms with E-state index < -0.39 is 11.6 Å². The molecule has 1 aliphatic carbocycles. The summed E-state index contributed by atoms with van der Waals surface area (Å²) in [6.45, 7) is 3.27. The van der Waals surface area contributed by atoms with E-state index in [4.69, 9.17) is 0 Å². The number of carbonyl (C=O) groups is 2. The average Bonchev–Trinajstić information content (AvgIpc) is 2.69. The molecule has 2 N–H and O–H groups in total. The molecule has 0 radical (unpaired) electrons. The van der Waals surface area contributed by atoms with E-state index in [-0.39, 0.29) is 17.9 Å². The summed E-state index contributed by atoms with van der Waals surface area (Å²) in [7, 11) is 0. The van der Waals surface area contributed by atoms with Crippen molar-refractivity contribution in [1.82, 2.24) is 5.32 Å². The summed E-state index contributed by atoms with van der Waals surface area (Å²) in [4.78, 5) is 24.4. The van der Waals surface area contributed by atoms with Gasteiger partial charge in [0.25, 0.3) is 0 Å². The number of ketones is 2. The maximum Gasteiger partial charge on any atom is 0.234 e. The number of unbranched alkanes of at least 4 members (excludes halogenated alkanes) is 9. The number of benzene rings is 1. The number of aliphatic hydroxyl groups is 1. The number of fused-ring (bicyclic) bond motifs is 1. The van der Waals surface area contributed by atoms with Crippen molar-refractivity contribution in [2.45, 2.75) is 71.1 Å². The standard InChI is InChI=1S/C23H33NO3/c1-2-3-4-5-6-7-8-9-10-13-16-24-17-20-21(25)18-14-11-12-15-19(18)22(26)23(20)27/h11-12,14-15,24-25H,2-10,13,16-17H2,1H3. The number of carbonyl (C=O) groups excluding carboxylic acids is 2. The third-order valence-corrected chi connectivity index (χ3v) is 5.20. The van der Waals surface area contributed by atoms with Gasteiger partial charge in [-0.3, -0.25) is 9.59 Å². The largest absolute Gasteiger partial charge is 0.507 e. The highest BCUT2D eigenvalue weighted by Gasteiger charge is 2.31. The van der Waals surface area contributed by atoms with Gasteiger partial charge in [-0.05, 0) is 13.0 Å². The molecule has 0 spiro atoms. The first-order valence-corrected chi connectivity index (χ1v) is 10.5. The normalized spacial score (nSPS) is 14.0. The summed E-state index contributed by atoms with van der Waals surface area (Å²) in [6, 6.07) is 6.72. The lowest BCUT2D eigenvalue weighted by Gasteiger charge is -2.18. The number of hydrogen-bond donors (Lipinski definition) is 2. The molecule has 0 unspecified atom stereocenters. The molecule has 0 aromatic heterocycles. The van der Waals surface area contributed by atoms with Gasteiger partial charge in [0.1, 0.15) is 5.76 Å². The molecule has 0 heterocycles. The van der Waals surface area contributed by atoms with Crippen LogP contribution in [0.5, 0.6) is 0 Å². The van der Waals surface area contributed by atoms with E-state index in [9.17, 15) is 14.7 Å². The SMILES string of the molecule is CCCCCCCCCCCCNCC1=C(O)c2ccccc2C(=O)C1=O. The summed E-state index contributed by atoms with van der Waals surface area (Å²) in [5.74, 6) is -1.19. The number of rotatable bonds is 13. The number of nitrogens with one attached hydrogen (secondary N) is 1. The van der Waals surface area contributed by atoms with Crippen LogP contribution in [0.2, 0.25) is 0 Å². The van der Waals surface area contributed by atoms with Crippen molar-refractivity contribution in [2.24, 2.45) is 0 Å². The Morgan fingerprint density at radius 1 is 0.778 bits per heavy atom. The zero-order valence-electron chi connectivity index (χ0n) is 16.6. The third-order valence-electron chi connectivity index (χ3n) is 5.20. The van der Waals surface area contributed by atoms with Crippen molar-refractivity contribution in [3.05, 3.63) is 41.0 Å². The first kappa shape index (κ1) is 21.4. The minimum Gasteiger partial charge on any atom is -0.507 e. The van der Waals surface area contributed by atoms with Crippen LogP contribution in [0.15, 0.2) is 29.8 Å². The molecule has 0 saturated heterocycles. The van der Waals surface area contributed by atoms with Gasteiger partial charge in [-0.15, -0.1) is 0 Å². The van der Waals surface area contributed by atoms with Crippen LogP contribution < -0.4 is 5.32 Å². The maximum absolute atomic E-state index is 12.2. The molecule has 4 nitrogen and oxygen atoms in total. The fraction of sp³-hybridized carbons (Fsp3) is 0.565. The Bertz CT molecular complexity index is 663. The van der Waals surface area contributed by atoms with Gasteiger partial charge in [0.05, 0.1) is 5.57 Å². The predicted octanol–water partition coefficient (Wildman–Crippen LogP) is 5.23. The van der Waals surface area contributed by atoms with Gasteiger partial charge in [0.2, 0.25) is 11.6 Å². The van der Waals surface area contributed by atoms with E-state index in [0.717, 1.165) is 13.0 Å². The summed E-state index contributed by atoms with van der Waals surface area (Å²) in [5.41, 5.74) is 0.932. The number of aliphatic hydroxyl groups excluding tert-OH is 1. The lowest BCUT2D eigenvalue weighted by atomic mass is 9.88. The van der Waals surface area contributed by atoms with Gasteiger partial charge in [-0.1, -0.05) is 89.0 Å². The lowest BCUT2D eigenvalue weighted by Crippen LogP contribution is -2.30. The molecular formula is C23H33NO3. The monoisotopic (exact) mass is 371 g/mol. The molecule has 0 aliphatic heterocycles. The van der Waals surface area contributed by atoms with Gasteiger partial charge in [-0.2, -0.15) is 0 Å². The highest BCUT2D eigenvalue weighted by Crippen LogP contribution is 2.27. The molecule has 4 heteroatoms. The van der Waals surface area contributed by atoms with Crippen LogP contribution in [0.25, 0.3) is 5.76 Å². The van der Waals surface area contributed by atoms with Crippen molar-refractivity contribution >= 4 is 17.3 Å². The first-order chi connectivity index (χ1) is 13.2. The van der Waals surface area contributed by atoms with E-state index >= 15 is 0 Å². The Hall–Kier alpha value is -1.94. The molecule has 1 aromatic carbocycles. The second-order valence-electron chi connectivity index (χ2n) is 7.39. The zero-order chi connectivity index (χ0) is 19.5. The van der Waals surface area contributed by atoms with Gasteiger partial charge in [0.15, 0.2) is 0 Å². The summed E-state index contributed by atoms with van der Waals surface area (Å²) < 4.78 is 0. The minimum atomic E-state index is -0.596. The van der Waals surface area contributed by atoms with E-state index in [1.807, 2.05) is 0 Å². The Labute approximate surface area is 163 Å². The van der Waals surface area contributed by atoms with Crippen LogP contribution in [0.3, 0.4) is 0 Å². The lowest BCUT2D eigenvalue weighted by molar-refractivity contribution is -0.112. The molecule has 0 saturated carbocycles. The molecule has 1 aromatic rings. The molecule has 27 heavy (non-hydrogen) atoms. The summed E-state index contributed by atoms with van der Waals surface area (Å²) in [5, 5.41) is 13.6. The van der Waals surface area contributed by atoms with E-state index in [1.165, 1.54) is 57.8 Å². The Morgan fingerprint density at radius 2 is 1.33 bits per heavy atom. The van der Waals surface area contributed by atoms with Crippen molar-refractivity contribution in [3.63, 3.8) is 0 Å². The second-order valence-corrected chi connectivity index (χ2v) is 7.39. The fourth-order valence-electron chi connectivity index (χ4n) is 3.53. The first-order valence-electron chi connectivity index (χ1n) is 10.5.